The van der Waals surface area contributed by atoms with Crippen LogP contribution in [-0.4, -0.2) is 11.7 Å². The van der Waals surface area contributed by atoms with E-state index in [1.807, 2.05) is 68.4 Å². The average molecular weight is 498 g/mol. The molecule has 3 aromatic carbocycles. The maximum absolute atomic E-state index is 13.3. The second kappa shape index (κ2) is 9.85. The maximum atomic E-state index is 13.3. The molecule has 4 aromatic rings. The largest absolute Gasteiger partial charge is 0.416 e. The Labute approximate surface area is 207 Å². The molecular formula is C27H21BCl2F3N. The summed E-state index contributed by atoms with van der Waals surface area (Å²) in [4.78, 5) is 4.59. The molecule has 1 heterocycles. The van der Waals surface area contributed by atoms with Crippen molar-refractivity contribution in [1.82, 2.24) is 4.98 Å². The van der Waals surface area contributed by atoms with Crippen molar-refractivity contribution < 1.29 is 13.2 Å². The number of alkyl halides is 3. The van der Waals surface area contributed by atoms with Gasteiger partial charge in [0, 0.05) is 27.8 Å². The van der Waals surface area contributed by atoms with Gasteiger partial charge in [-0.3, -0.25) is 4.98 Å². The van der Waals surface area contributed by atoms with Crippen molar-refractivity contribution in [3.63, 3.8) is 0 Å². The minimum absolute atomic E-state index is 0.289. The normalized spacial score (nSPS) is 12.4. The highest BCUT2D eigenvalue weighted by atomic mass is 35.5. The summed E-state index contributed by atoms with van der Waals surface area (Å²) in [6, 6.07) is 22.6. The number of hydrogen-bond donors (Lipinski definition) is 0. The molecule has 1 nitrogen and oxygen atoms in total. The van der Waals surface area contributed by atoms with Crippen molar-refractivity contribution in [2.45, 2.75) is 25.8 Å². The Morgan fingerprint density at radius 3 is 1.76 bits per heavy atom. The highest BCUT2D eigenvalue weighted by Gasteiger charge is 2.35. The predicted octanol–water partition coefficient (Wildman–Crippen LogP) is 7.00. The summed E-state index contributed by atoms with van der Waals surface area (Å²) in [5, 5.41) is 1.24. The lowest BCUT2D eigenvalue weighted by Gasteiger charge is -2.27. The first-order chi connectivity index (χ1) is 16.1. The quantitative estimate of drug-likeness (QED) is 0.270. The Morgan fingerprint density at radius 2 is 1.32 bits per heavy atom. The molecule has 0 N–H and O–H groups in total. The van der Waals surface area contributed by atoms with Gasteiger partial charge in [-0.15, -0.1) is 0 Å². The van der Waals surface area contributed by atoms with E-state index in [0.29, 0.717) is 15.6 Å². The molecule has 0 radical (unpaired) electrons. The van der Waals surface area contributed by atoms with Gasteiger partial charge < -0.3 is 0 Å². The summed E-state index contributed by atoms with van der Waals surface area (Å²) in [5.41, 5.74) is 4.48. The summed E-state index contributed by atoms with van der Waals surface area (Å²) in [7, 11) is 0. The summed E-state index contributed by atoms with van der Waals surface area (Å²) in [5.74, 6) is -0.374. The smallest absolute Gasteiger partial charge is 0.261 e. The zero-order chi connectivity index (χ0) is 24.5. The summed E-state index contributed by atoms with van der Waals surface area (Å²) < 4.78 is 39.8. The number of rotatable bonds is 5. The van der Waals surface area contributed by atoms with E-state index in [0.717, 1.165) is 39.9 Å². The van der Waals surface area contributed by atoms with Gasteiger partial charge in [0.05, 0.1) is 5.56 Å². The molecule has 7 heteroatoms. The van der Waals surface area contributed by atoms with Crippen molar-refractivity contribution >= 4 is 40.8 Å². The van der Waals surface area contributed by atoms with Crippen molar-refractivity contribution in [3.05, 3.63) is 123 Å². The molecule has 0 amide bonds. The van der Waals surface area contributed by atoms with Crippen LogP contribution in [0.25, 0.3) is 0 Å². The van der Waals surface area contributed by atoms with E-state index in [2.05, 4.69) is 4.98 Å². The van der Waals surface area contributed by atoms with Gasteiger partial charge in [0.15, 0.2) is 0 Å². The van der Waals surface area contributed by atoms with Crippen LogP contribution >= 0.6 is 23.2 Å². The number of hydrogen-bond acceptors (Lipinski definition) is 1. The van der Waals surface area contributed by atoms with Gasteiger partial charge in [-0.2, -0.15) is 13.2 Å². The third-order valence-corrected chi connectivity index (χ3v) is 6.86. The minimum Gasteiger partial charge on any atom is -0.261 e. The van der Waals surface area contributed by atoms with E-state index in [9.17, 15) is 13.2 Å². The van der Waals surface area contributed by atoms with Gasteiger partial charge in [0.1, 0.15) is 0 Å². The zero-order valence-electron chi connectivity index (χ0n) is 18.6. The van der Waals surface area contributed by atoms with Gasteiger partial charge in [-0.25, -0.2) is 0 Å². The molecule has 0 saturated heterocycles. The van der Waals surface area contributed by atoms with Gasteiger partial charge in [0.25, 0.3) is 0 Å². The van der Waals surface area contributed by atoms with Crippen LogP contribution in [-0.2, 0) is 6.18 Å². The topological polar surface area (TPSA) is 12.9 Å². The zero-order valence-corrected chi connectivity index (χ0v) is 20.1. The first kappa shape index (κ1) is 24.4. The van der Waals surface area contributed by atoms with E-state index < -0.39 is 11.7 Å². The van der Waals surface area contributed by atoms with E-state index in [-0.39, 0.29) is 12.5 Å². The molecule has 0 aliphatic rings. The van der Waals surface area contributed by atoms with Crippen LogP contribution in [0.5, 0.6) is 0 Å². The van der Waals surface area contributed by atoms with Crippen molar-refractivity contribution in [2.24, 2.45) is 0 Å². The minimum atomic E-state index is -4.41. The summed E-state index contributed by atoms with van der Waals surface area (Å²) in [6.45, 7) is 3.56. The monoisotopic (exact) mass is 497 g/mol. The Bertz CT molecular complexity index is 1240. The molecule has 0 fully saturated rings. The molecule has 1 aromatic heterocycles. The molecule has 4 rings (SSSR count). The highest BCUT2D eigenvalue weighted by Crippen LogP contribution is 2.33. The van der Waals surface area contributed by atoms with Gasteiger partial charge in [0.2, 0.25) is 6.71 Å². The van der Waals surface area contributed by atoms with E-state index in [4.69, 9.17) is 23.2 Å². The van der Waals surface area contributed by atoms with E-state index >= 15 is 0 Å². The number of halogens is 5. The fourth-order valence-corrected chi connectivity index (χ4v) is 4.53. The van der Waals surface area contributed by atoms with Crippen LogP contribution in [0.4, 0.5) is 13.2 Å². The SMILES string of the molecule is Cc1ccc(B(c2ccc(C)c(Cl)c2)C(c2ccc(C(F)(F)F)cc2)c2ccccn2)cc1Cl. The van der Waals surface area contributed by atoms with Gasteiger partial charge in [-0.05, 0) is 66.9 Å². The average Bonchev–Trinajstić information content (AvgIpc) is 2.81. The second-order valence-electron chi connectivity index (χ2n) is 8.35. The summed E-state index contributed by atoms with van der Waals surface area (Å²) >= 11 is 13.0. The van der Waals surface area contributed by atoms with Crippen LogP contribution in [0.15, 0.2) is 85.1 Å². The Kier molecular flexibility index (Phi) is 7.06. The van der Waals surface area contributed by atoms with Crippen LogP contribution < -0.4 is 10.9 Å². The number of nitrogens with zero attached hydrogens (tertiary/aromatic N) is 1. The van der Waals surface area contributed by atoms with Crippen LogP contribution in [0.1, 0.15) is 33.8 Å². The third-order valence-electron chi connectivity index (χ3n) is 6.05. The molecule has 0 spiro atoms. The molecule has 1 unspecified atom stereocenters. The molecule has 0 aliphatic heterocycles. The Morgan fingerprint density at radius 1 is 0.765 bits per heavy atom. The van der Waals surface area contributed by atoms with E-state index in [1.165, 1.54) is 12.1 Å². The standard InChI is InChI=1S/C27H21BCl2F3N/c1-17-6-12-21(15-23(17)29)28(22-13-7-18(2)24(30)16-22)26(25-5-3-4-14-34-25)19-8-10-20(11-9-19)27(31,32)33/h3-16,26H,1-2H3. The molecule has 172 valence electrons. The van der Waals surface area contributed by atoms with Gasteiger partial charge >= 0.3 is 6.18 Å². The van der Waals surface area contributed by atoms with Crippen LogP contribution in [0.3, 0.4) is 0 Å². The lowest BCUT2D eigenvalue weighted by Crippen LogP contribution is -2.48. The van der Waals surface area contributed by atoms with Crippen molar-refractivity contribution in [2.75, 3.05) is 0 Å². The highest BCUT2D eigenvalue weighted by molar-refractivity contribution is 6.87. The summed E-state index contributed by atoms with van der Waals surface area (Å²) in [6.07, 6.45) is -2.72. The second-order valence-corrected chi connectivity index (χ2v) is 9.16. The van der Waals surface area contributed by atoms with Crippen LogP contribution in [0.2, 0.25) is 10.0 Å². The molecular weight excluding hydrogens is 477 g/mol. The predicted molar refractivity (Wildman–Crippen MR) is 135 cm³/mol. The first-order valence-corrected chi connectivity index (χ1v) is 11.5. The lowest BCUT2D eigenvalue weighted by atomic mass is 9.32. The number of aromatic nitrogens is 1. The number of benzene rings is 3. The Hall–Kier alpha value is -2.76. The fraction of sp³-hybridized carbons (Fsp3) is 0.148. The first-order valence-electron chi connectivity index (χ1n) is 10.8. The third kappa shape index (κ3) is 5.16. The molecule has 1 atom stereocenters. The van der Waals surface area contributed by atoms with Gasteiger partial charge in [-0.1, -0.05) is 76.6 Å². The number of pyridine rings is 1. The molecule has 34 heavy (non-hydrogen) atoms. The maximum Gasteiger partial charge on any atom is 0.416 e. The molecule has 0 saturated carbocycles. The van der Waals surface area contributed by atoms with Crippen molar-refractivity contribution in [3.8, 4) is 0 Å². The number of aryl methyl sites for hydroxylation is 2. The molecule has 0 bridgehead atoms. The lowest BCUT2D eigenvalue weighted by molar-refractivity contribution is -0.137. The Balaban J connectivity index is 1.96. The fourth-order valence-electron chi connectivity index (χ4n) is 4.16. The van der Waals surface area contributed by atoms with Crippen LogP contribution in [0, 0.1) is 13.8 Å². The molecule has 0 aliphatic carbocycles. The van der Waals surface area contributed by atoms with Crippen molar-refractivity contribution in [1.29, 1.82) is 0 Å². The van der Waals surface area contributed by atoms with E-state index in [1.54, 1.807) is 6.20 Å².